The van der Waals surface area contributed by atoms with Gasteiger partial charge in [0.1, 0.15) is 11.6 Å². The topological polar surface area (TPSA) is 80.2 Å². The number of carbonyl (C=O) groups excluding carboxylic acids is 1. The Hall–Kier alpha value is -3.07. The molecule has 3 rings (SSSR count). The highest BCUT2D eigenvalue weighted by atomic mass is 16.2. The summed E-state index contributed by atoms with van der Waals surface area (Å²) in [7, 11) is 0. The average Bonchev–Trinajstić information content (AvgIpc) is 2.61. The molecule has 0 aliphatic carbocycles. The lowest BCUT2D eigenvalue weighted by Gasteiger charge is -2.41. The Balaban J connectivity index is 1.82. The predicted octanol–water partition coefficient (Wildman–Crippen LogP) is 2.21. The summed E-state index contributed by atoms with van der Waals surface area (Å²) in [5.74, 6) is -0.146. The third-order valence-corrected chi connectivity index (χ3v) is 4.93. The molecule has 1 aliphatic heterocycles. The molecular formula is C20H22N4O2. The highest BCUT2D eigenvalue weighted by molar-refractivity contribution is 5.96. The van der Waals surface area contributed by atoms with Crippen molar-refractivity contribution in [1.29, 1.82) is 5.26 Å². The molecule has 1 N–H and O–H groups in total. The zero-order chi connectivity index (χ0) is 18.8. The summed E-state index contributed by atoms with van der Waals surface area (Å²) in [6.07, 6.45) is 0. The summed E-state index contributed by atoms with van der Waals surface area (Å²) in [5, 5.41) is 9.06. The zero-order valence-electron chi connectivity index (χ0n) is 15.2. The molecule has 6 heteroatoms. The Kier molecular flexibility index (Phi) is 4.81. The molecule has 0 saturated carbocycles. The fourth-order valence-corrected chi connectivity index (χ4v) is 3.48. The van der Waals surface area contributed by atoms with Crippen LogP contribution in [0.2, 0.25) is 0 Å². The number of nitriles is 1. The number of anilines is 1. The van der Waals surface area contributed by atoms with Crippen molar-refractivity contribution in [3.05, 3.63) is 63.1 Å². The molecular weight excluding hydrogens is 328 g/mol. The van der Waals surface area contributed by atoms with Crippen molar-refractivity contribution < 1.29 is 4.79 Å². The Morgan fingerprint density at radius 2 is 2.00 bits per heavy atom. The number of pyridine rings is 1. The maximum absolute atomic E-state index is 13.0. The first-order valence-corrected chi connectivity index (χ1v) is 8.68. The maximum atomic E-state index is 13.0. The van der Waals surface area contributed by atoms with Crippen LogP contribution in [0.4, 0.5) is 5.69 Å². The van der Waals surface area contributed by atoms with Gasteiger partial charge < -0.3 is 14.8 Å². The predicted molar refractivity (Wildman–Crippen MR) is 100 cm³/mol. The number of carbonyl (C=O) groups is 1. The summed E-state index contributed by atoms with van der Waals surface area (Å²) >= 11 is 0. The molecule has 1 atom stereocenters. The normalized spacial score (nSPS) is 17.1. The molecule has 0 unspecified atom stereocenters. The number of amides is 1. The summed E-state index contributed by atoms with van der Waals surface area (Å²) in [6.45, 7) is 7.87. The number of piperazine rings is 1. The Labute approximate surface area is 152 Å². The number of hydrogen-bond acceptors (Lipinski definition) is 4. The molecule has 1 aromatic heterocycles. The first-order valence-electron chi connectivity index (χ1n) is 8.68. The quantitative estimate of drug-likeness (QED) is 0.900. The van der Waals surface area contributed by atoms with E-state index in [1.54, 1.807) is 6.92 Å². The number of nitrogens with zero attached hydrogens (tertiary/aromatic N) is 3. The SMILES string of the molecule is Cc1ccccc1N1CCN(C(=O)c2cc(C#N)c(=O)[nH]c2C)[C@@H](C)C1. The van der Waals surface area contributed by atoms with E-state index in [1.165, 1.54) is 17.3 Å². The van der Waals surface area contributed by atoms with Crippen molar-refractivity contribution in [3.8, 4) is 6.07 Å². The second-order valence-electron chi connectivity index (χ2n) is 6.74. The van der Waals surface area contributed by atoms with E-state index in [0.29, 0.717) is 17.8 Å². The molecule has 26 heavy (non-hydrogen) atoms. The molecule has 2 heterocycles. The van der Waals surface area contributed by atoms with Crippen LogP contribution >= 0.6 is 0 Å². The van der Waals surface area contributed by atoms with Crippen molar-refractivity contribution in [3.63, 3.8) is 0 Å². The van der Waals surface area contributed by atoms with Crippen LogP contribution in [-0.2, 0) is 0 Å². The molecule has 0 bridgehead atoms. The van der Waals surface area contributed by atoms with Crippen LogP contribution in [0.5, 0.6) is 0 Å². The summed E-state index contributed by atoms with van der Waals surface area (Å²) in [4.78, 5) is 31.4. The molecule has 1 saturated heterocycles. The van der Waals surface area contributed by atoms with Crippen LogP contribution in [0, 0.1) is 25.2 Å². The molecule has 1 amide bonds. The molecule has 1 aromatic carbocycles. The Morgan fingerprint density at radius 1 is 1.27 bits per heavy atom. The van der Waals surface area contributed by atoms with E-state index in [0.717, 1.165) is 13.1 Å². The van der Waals surface area contributed by atoms with Crippen LogP contribution in [0.15, 0.2) is 35.1 Å². The van der Waals surface area contributed by atoms with Gasteiger partial charge in [-0.2, -0.15) is 5.26 Å². The number of rotatable bonds is 2. The Bertz CT molecular complexity index is 942. The van der Waals surface area contributed by atoms with E-state index in [9.17, 15) is 9.59 Å². The van der Waals surface area contributed by atoms with E-state index in [2.05, 4.69) is 28.9 Å². The Morgan fingerprint density at radius 3 is 2.65 bits per heavy atom. The number of aromatic amines is 1. The van der Waals surface area contributed by atoms with Gasteiger partial charge in [0, 0.05) is 37.1 Å². The number of H-pyrrole nitrogens is 1. The summed E-state index contributed by atoms with van der Waals surface area (Å²) in [5.41, 5.74) is 2.79. The first-order chi connectivity index (χ1) is 12.4. The molecule has 1 fully saturated rings. The van der Waals surface area contributed by atoms with Gasteiger partial charge in [-0.25, -0.2) is 0 Å². The van der Waals surface area contributed by atoms with E-state index in [-0.39, 0.29) is 17.5 Å². The van der Waals surface area contributed by atoms with Crippen LogP contribution in [-0.4, -0.2) is 41.5 Å². The first kappa shape index (κ1) is 17.7. The maximum Gasteiger partial charge on any atom is 0.266 e. The molecule has 6 nitrogen and oxygen atoms in total. The third kappa shape index (κ3) is 3.21. The minimum absolute atomic E-state index is 0.0210. The number of benzene rings is 1. The van der Waals surface area contributed by atoms with Gasteiger partial charge in [-0.15, -0.1) is 0 Å². The molecule has 0 spiro atoms. The van der Waals surface area contributed by atoms with E-state index >= 15 is 0 Å². The van der Waals surface area contributed by atoms with E-state index in [4.69, 9.17) is 5.26 Å². The summed E-state index contributed by atoms with van der Waals surface area (Å²) < 4.78 is 0. The number of nitrogens with one attached hydrogen (secondary N) is 1. The minimum Gasteiger partial charge on any atom is -0.367 e. The smallest absolute Gasteiger partial charge is 0.266 e. The van der Waals surface area contributed by atoms with Gasteiger partial charge in [0.2, 0.25) is 0 Å². The highest BCUT2D eigenvalue weighted by Crippen LogP contribution is 2.24. The molecule has 2 aromatic rings. The van der Waals surface area contributed by atoms with Gasteiger partial charge in [0.05, 0.1) is 5.56 Å². The van der Waals surface area contributed by atoms with Crippen molar-refractivity contribution in [2.24, 2.45) is 0 Å². The lowest BCUT2D eigenvalue weighted by Crippen LogP contribution is -2.54. The van der Waals surface area contributed by atoms with Gasteiger partial charge in [-0.1, -0.05) is 18.2 Å². The van der Waals surface area contributed by atoms with Crippen LogP contribution in [0.1, 0.15) is 34.1 Å². The monoisotopic (exact) mass is 350 g/mol. The fraction of sp³-hybridized carbons (Fsp3) is 0.350. The second kappa shape index (κ2) is 7.04. The number of hydrogen-bond donors (Lipinski definition) is 1. The van der Waals surface area contributed by atoms with Gasteiger partial charge in [0.15, 0.2) is 0 Å². The van der Waals surface area contributed by atoms with Crippen LogP contribution in [0.25, 0.3) is 0 Å². The van der Waals surface area contributed by atoms with Crippen LogP contribution in [0.3, 0.4) is 0 Å². The van der Waals surface area contributed by atoms with Crippen LogP contribution < -0.4 is 10.5 Å². The second-order valence-corrected chi connectivity index (χ2v) is 6.74. The van der Waals surface area contributed by atoms with Crippen molar-refractivity contribution in [2.75, 3.05) is 24.5 Å². The molecule has 0 radical (unpaired) electrons. The third-order valence-electron chi connectivity index (χ3n) is 4.93. The highest BCUT2D eigenvalue weighted by Gasteiger charge is 2.29. The van der Waals surface area contributed by atoms with Crippen molar-refractivity contribution in [2.45, 2.75) is 26.8 Å². The van der Waals surface area contributed by atoms with Gasteiger partial charge in [-0.3, -0.25) is 9.59 Å². The molecule has 1 aliphatic rings. The number of aryl methyl sites for hydroxylation is 2. The lowest BCUT2D eigenvalue weighted by atomic mass is 10.1. The largest absolute Gasteiger partial charge is 0.367 e. The van der Waals surface area contributed by atoms with E-state index < -0.39 is 5.56 Å². The fourth-order valence-electron chi connectivity index (χ4n) is 3.48. The van der Waals surface area contributed by atoms with Gasteiger partial charge >= 0.3 is 0 Å². The van der Waals surface area contributed by atoms with Crippen molar-refractivity contribution in [1.82, 2.24) is 9.88 Å². The average molecular weight is 350 g/mol. The number of aromatic nitrogens is 1. The lowest BCUT2D eigenvalue weighted by molar-refractivity contribution is 0.0673. The zero-order valence-corrected chi connectivity index (χ0v) is 15.2. The summed E-state index contributed by atoms with van der Waals surface area (Å²) in [6, 6.07) is 11.5. The van der Waals surface area contributed by atoms with Gasteiger partial charge in [-0.05, 0) is 38.5 Å². The molecule has 134 valence electrons. The minimum atomic E-state index is -0.459. The van der Waals surface area contributed by atoms with E-state index in [1.807, 2.05) is 30.0 Å². The standard InChI is InChI=1S/C20H22N4O2/c1-13-6-4-5-7-18(13)23-8-9-24(14(2)12-23)20(26)17-10-16(11-21)19(25)22-15(17)3/h4-7,10,14H,8-9,12H2,1-3H3,(H,22,25)/t14-/m0/s1. The van der Waals surface area contributed by atoms with Gasteiger partial charge in [0.25, 0.3) is 11.5 Å². The van der Waals surface area contributed by atoms with Crippen molar-refractivity contribution >= 4 is 11.6 Å². The number of para-hydroxylation sites is 1.